The van der Waals surface area contributed by atoms with Gasteiger partial charge in [-0.25, -0.2) is 4.98 Å². The van der Waals surface area contributed by atoms with Crippen LogP contribution in [0.1, 0.15) is 18.5 Å². The van der Waals surface area contributed by atoms with Crippen LogP contribution in [-0.2, 0) is 11.3 Å². The molecule has 19 heavy (non-hydrogen) atoms. The molecule has 5 nitrogen and oxygen atoms in total. The summed E-state index contributed by atoms with van der Waals surface area (Å²) in [5.74, 6) is 0.746. The molecule has 0 radical (unpaired) electrons. The molecule has 0 aliphatic heterocycles. The summed E-state index contributed by atoms with van der Waals surface area (Å²) in [4.78, 5) is 15.9. The number of hydrogen-bond donors (Lipinski definition) is 1. The second-order valence-corrected chi connectivity index (χ2v) is 4.26. The number of methoxy groups -OCH3 is 1. The highest BCUT2D eigenvalue weighted by molar-refractivity contribution is 5.79. The average molecular weight is 259 g/mol. The maximum Gasteiger partial charge on any atom is 0.243 e. The molecule has 0 aliphatic carbocycles. The highest BCUT2D eigenvalue weighted by Crippen LogP contribution is 2.12. The first-order chi connectivity index (χ1) is 9.20. The summed E-state index contributed by atoms with van der Waals surface area (Å²) >= 11 is 0. The van der Waals surface area contributed by atoms with Gasteiger partial charge in [0.15, 0.2) is 0 Å². The number of nitrogens with zero attached hydrogens (tertiary/aromatic N) is 2. The summed E-state index contributed by atoms with van der Waals surface area (Å²) in [7, 11) is 1.62. The summed E-state index contributed by atoms with van der Waals surface area (Å²) in [5, 5.41) is 2.90. The molecule has 1 aromatic heterocycles. The largest absolute Gasteiger partial charge is 0.497 e. The van der Waals surface area contributed by atoms with Gasteiger partial charge in [-0.15, -0.1) is 0 Å². The van der Waals surface area contributed by atoms with E-state index in [0.29, 0.717) is 6.54 Å². The topological polar surface area (TPSA) is 56.1 Å². The first-order valence-corrected chi connectivity index (χ1v) is 6.09. The van der Waals surface area contributed by atoms with Crippen molar-refractivity contribution in [2.24, 2.45) is 0 Å². The lowest BCUT2D eigenvalue weighted by molar-refractivity contribution is -0.124. The van der Waals surface area contributed by atoms with E-state index in [1.807, 2.05) is 31.2 Å². The summed E-state index contributed by atoms with van der Waals surface area (Å²) in [5.41, 5.74) is 1.01. The molecule has 2 rings (SSSR count). The second-order valence-electron chi connectivity index (χ2n) is 4.26. The zero-order valence-corrected chi connectivity index (χ0v) is 11.0. The fourth-order valence-corrected chi connectivity index (χ4v) is 1.75. The number of ether oxygens (including phenoxy) is 1. The van der Waals surface area contributed by atoms with Crippen molar-refractivity contribution in [3.63, 3.8) is 0 Å². The third kappa shape index (κ3) is 3.34. The molecular formula is C14H17N3O2. The Morgan fingerprint density at radius 1 is 1.53 bits per heavy atom. The van der Waals surface area contributed by atoms with Gasteiger partial charge in [0, 0.05) is 18.9 Å². The maximum absolute atomic E-state index is 12.0. The minimum atomic E-state index is -0.270. The fraction of sp³-hybridized carbons (Fsp3) is 0.286. The Morgan fingerprint density at radius 2 is 2.37 bits per heavy atom. The Bertz CT molecular complexity index is 537. The average Bonchev–Trinajstić information content (AvgIpc) is 2.98. The Labute approximate surface area is 112 Å². The molecule has 0 saturated heterocycles. The maximum atomic E-state index is 12.0. The van der Waals surface area contributed by atoms with E-state index >= 15 is 0 Å². The fourth-order valence-electron chi connectivity index (χ4n) is 1.75. The van der Waals surface area contributed by atoms with Crippen LogP contribution in [0.15, 0.2) is 43.0 Å². The van der Waals surface area contributed by atoms with Crippen LogP contribution in [0.5, 0.6) is 5.75 Å². The number of imidazole rings is 1. The molecule has 1 atom stereocenters. The SMILES string of the molecule is COc1cccc(CNC(=O)[C@@H](C)n2ccnc2)c1. The molecule has 1 aromatic carbocycles. The van der Waals surface area contributed by atoms with Crippen LogP contribution in [-0.4, -0.2) is 22.6 Å². The van der Waals surface area contributed by atoms with Crippen molar-refractivity contribution in [3.05, 3.63) is 48.5 Å². The van der Waals surface area contributed by atoms with Crippen molar-refractivity contribution >= 4 is 5.91 Å². The van der Waals surface area contributed by atoms with Gasteiger partial charge in [0.05, 0.1) is 13.4 Å². The van der Waals surface area contributed by atoms with Crippen LogP contribution in [0.25, 0.3) is 0 Å². The molecule has 0 bridgehead atoms. The van der Waals surface area contributed by atoms with Gasteiger partial charge < -0.3 is 14.6 Å². The standard InChI is InChI=1S/C14H17N3O2/c1-11(17-7-6-15-10-17)14(18)16-9-12-4-3-5-13(8-12)19-2/h3-8,10-11H,9H2,1-2H3,(H,16,18)/t11-/m1/s1. The number of benzene rings is 1. The molecule has 100 valence electrons. The first-order valence-electron chi connectivity index (χ1n) is 6.09. The molecule has 2 aromatic rings. The predicted octanol–water partition coefficient (Wildman–Crippen LogP) is 1.77. The summed E-state index contributed by atoms with van der Waals surface area (Å²) < 4.78 is 6.91. The van der Waals surface area contributed by atoms with Crippen molar-refractivity contribution in [1.29, 1.82) is 0 Å². The molecule has 0 spiro atoms. The van der Waals surface area contributed by atoms with Crippen LogP contribution in [0.2, 0.25) is 0 Å². The number of aromatic nitrogens is 2. The Hall–Kier alpha value is -2.30. The number of rotatable bonds is 5. The molecule has 0 fully saturated rings. The van der Waals surface area contributed by atoms with Gasteiger partial charge in [0.25, 0.3) is 0 Å². The Kier molecular flexibility index (Phi) is 4.18. The lowest BCUT2D eigenvalue weighted by Crippen LogP contribution is -2.30. The molecule has 5 heteroatoms. The van der Waals surface area contributed by atoms with Crippen molar-refractivity contribution in [2.75, 3.05) is 7.11 Å². The summed E-state index contributed by atoms with van der Waals surface area (Å²) in [6.45, 7) is 2.32. The molecule has 1 N–H and O–H groups in total. The number of hydrogen-bond acceptors (Lipinski definition) is 3. The minimum Gasteiger partial charge on any atom is -0.497 e. The van der Waals surface area contributed by atoms with E-state index in [0.717, 1.165) is 11.3 Å². The normalized spacial score (nSPS) is 11.9. The van der Waals surface area contributed by atoms with Gasteiger partial charge in [-0.3, -0.25) is 4.79 Å². The minimum absolute atomic E-state index is 0.0409. The summed E-state index contributed by atoms with van der Waals surface area (Å²) in [6, 6.07) is 7.36. The van der Waals surface area contributed by atoms with Crippen LogP contribution < -0.4 is 10.1 Å². The molecule has 1 heterocycles. The Morgan fingerprint density at radius 3 is 3.05 bits per heavy atom. The van der Waals surface area contributed by atoms with E-state index in [-0.39, 0.29) is 11.9 Å². The number of carbonyl (C=O) groups excluding carboxylic acids is 1. The van der Waals surface area contributed by atoms with E-state index < -0.39 is 0 Å². The van der Waals surface area contributed by atoms with Crippen LogP contribution >= 0.6 is 0 Å². The van der Waals surface area contributed by atoms with Gasteiger partial charge in [-0.05, 0) is 24.6 Å². The van der Waals surface area contributed by atoms with Crippen molar-refractivity contribution in [1.82, 2.24) is 14.9 Å². The van der Waals surface area contributed by atoms with Crippen molar-refractivity contribution in [2.45, 2.75) is 19.5 Å². The lowest BCUT2D eigenvalue weighted by atomic mass is 10.2. The van der Waals surface area contributed by atoms with E-state index in [4.69, 9.17) is 4.74 Å². The predicted molar refractivity (Wildman–Crippen MR) is 71.8 cm³/mol. The molecule has 0 saturated carbocycles. The highest BCUT2D eigenvalue weighted by atomic mass is 16.5. The quantitative estimate of drug-likeness (QED) is 0.890. The first kappa shape index (κ1) is 13.1. The van der Waals surface area contributed by atoms with Gasteiger partial charge in [-0.2, -0.15) is 0 Å². The monoisotopic (exact) mass is 259 g/mol. The van der Waals surface area contributed by atoms with Crippen molar-refractivity contribution < 1.29 is 9.53 Å². The van der Waals surface area contributed by atoms with E-state index in [1.54, 1.807) is 30.4 Å². The Balaban J connectivity index is 1.93. The van der Waals surface area contributed by atoms with Gasteiger partial charge in [0.1, 0.15) is 11.8 Å². The highest BCUT2D eigenvalue weighted by Gasteiger charge is 2.13. The third-order valence-electron chi connectivity index (χ3n) is 2.95. The number of nitrogens with one attached hydrogen (secondary N) is 1. The van der Waals surface area contributed by atoms with Gasteiger partial charge in [0.2, 0.25) is 5.91 Å². The smallest absolute Gasteiger partial charge is 0.243 e. The van der Waals surface area contributed by atoms with E-state index in [2.05, 4.69) is 10.3 Å². The van der Waals surface area contributed by atoms with Crippen LogP contribution in [0, 0.1) is 0 Å². The van der Waals surface area contributed by atoms with E-state index in [9.17, 15) is 4.79 Å². The number of amides is 1. The lowest BCUT2D eigenvalue weighted by Gasteiger charge is -2.13. The zero-order valence-electron chi connectivity index (χ0n) is 11.0. The number of carbonyl (C=O) groups is 1. The molecule has 0 unspecified atom stereocenters. The van der Waals surface area contributed by atoms with Crippen LogP contribution in [0.3, 0.4) is 0 Å². The van der Waals surface area contributed by atoms with E-state index in [1.165, 1.54) is 0 Å². The van der Waals surface area contributed by atoms with Crippen LogP contribution in [0.4, 0.5) is 0 Å². The van der Waals surface area contributed by atoms with Crippen molar-refractivity contribution in [3.8, 4) is 5.75 Å². The van der Waals surface area contributed by atoms with Gasteiger partial charge in [-0.1, -0.05) is 12.1 Å². The molecule has 0 aliphatic rings. The zero-order chi connectivity index (χ0) is 13.7. The molecular weight excluding hydrogens is 242 g/mol. The second kappa shape index (κ2) is 6.04. The third-order valence-corrected chi connectivity index (χ3v) is 2.95. The van der Waals surface area contributed by atoms with Gasteiger partial charge >= 0.3 is 0 Å². The molecule has 1 amide bonds. The summed E-state index contributed by atoms with van der Waals surface area (Å²) in [6.07, 6.45) is 5.07.